The van der Waals surface area contributed by atoms with E-state index in [0.29, 0.717) is 13.1 Å². The van der Waals surface area contributed by atoms with E-state index in [1.165, 1.54) is 0 Å². The summed E-state index contributed by atoms with van der Waals surface area (Å²) in [6.45, 7) is 3.12. The standard InChI is InChI=1S/C20H23NO3/c1-15-13-21(14-18(24-15)16-9-5-3-6-10-16)20(22)19(23-2)17-11-7-4-8-12-17/h3-12,15,18-19H,13-14H2,1-2H3/t15-,18-,19+/m1/s1. The number of hydrogen-bond acceptors (Lipinski definition) is 3. The highest BCUT2D eigenvalue weighted by Crippen LogP contribution is 2.28. The molecule has 0 aliphatic carbocycles. The van der Waals surface area contributed by atoms with Gasteiger partial charge in [-0.3, -0.25) is 4.79 Å². The fraction of sp³-hybridized carbons (Fsp3) is 0.350. The van der Waals surface area contributed by atoms with Crippen LogP contribution in [0.4, 0.5) is 0 Å². The molecule has 4 nitrogen and oxygen atoms in total. The number of carbonyl (C=O) groups excluding carboxylic acids is 1. The molecule has 0 aromatic heterocycles. The number of morpholine rings is 1. The van der Waals surface area contributed by atoms with Crippen LogP contribution in [-0.2, 0) is 14.3 Å². The fourth-order valence-electron chi connectivity index (χ4n) is 3.16. The molecular formula is C20H23NO3. The Kier molecular flexibility index (Phi) is 5.28. The van der Waals surface area contributed by atoms with Crippen molar-refractivity contribution in [2.75, 3.05) is 20.2 Å². The summed E-state index contributed by atoms with van der Waals surface area (Å²) in [6, 6.07) is 19.7. The molecule has 0 radical (unpaired) electrons. The second-order valence-corrected chi connectivity index (χ2v) is 6.12. The van der Waals surface area contributed by atoms with Gasteiger partial charge in [-0.2, -0.15) is 0 Å². The molecule has 1 heterocycles. The first-order chi connectivity index (χ1) is 11.7. The summed E-state index contributed by atoms with van der Waals surface area (Å²) in [4.78, 5) is 14.9. The lowest BCUT2D eigenvalue weighted by molar-refractivity contribution is -0.155. The third-order valence-electron chi connectivity index (χ3n) is 4.31. The van der Waals surface area contributed by atoms with Gasteiger partial charge in [0.15, 0.2) is 6.10 Å². The highest BCUT2D eigenvalue weighted by atomic mass is 16.5. The average Bonchev–Trinajstić information content (AvgIpc) is 2.63. The van der Waals surface area contributed by atoms with Crippen LogP contribution in [0.25, 0.3) is 0 Å². The van der Waals surface area contributed by atoms with Crippen molar-refractivity contribution in [2.45, 2.75) is 25.2 Å². The van der Waals surface area contributed by atoms with E-state index in [1.807, 2.05) is 72.5 Å². The van der Waals surface area contributed by atoms with E-state index in [9.17, 15) is 4.79 Å². The lowest BCUT2D eigenvalue weighted by Crippen LogP contribution is -2.47. The number of rotatable bonds is 4. The molecule has 0 spiro atoms. The molecule has 1 aliphatic heterocycles. The molecule has 0 saturated carbocycles. The van der Waals surface area contributed by atoms with Gasteiger partial charge >= 0.3 is 0 Å². The first kappa shape index (κ1) is 16.7. The first-order valence-corrected chi connectivity index (χ1v) is 8.26. The lowest BCUT2D eigenvalue weighted by Gasteiger charge is -2.38. The zero-order valence-electron chi connectivity index (χ0n) is 14.1. The lowest BCUT2D eigenvalue weighted by atomic mass is 10.0. The Labute approximate surface area is 143 Å². The maximum absolute atomic E-state index is 13.0. The number of methoxy groups -OCH3 is 1. The minimum absolute atomic E-state index is 0.0128. The van der Waals surface area contributed by atoms with Crippen LogP contribution in [-0.4, -0.2) is 37.1 Å². The van der Waals surface area contributed by atoms with Crippen molar-refractivity contribution in [2.24, 2.45) is 0 Å². The van der Waals surface area contributed by atoms with Gasteiger partial charge in [0.2, 0.25) is 0 Å². The maximum atomic E-state index is 13.0. The van der Waals surface area contributed by atoms with E-state index in [1.54, 1.807) is 7.11 Å². The number of nitrogens with zero attached hydrogens (tertiary/aromatic N) is 1. The summed E-state index contributed by atoms with van der Waals surface area (Å²) in [6.07, 6.45) is -0.693. The predicted octanol–water partition coefficient (Wildman–Crippen LogP) is 3.36. The molecule has 0 bridgehead atoms. The van der Waals surface area contributed by atoms with Crippen LogP contribution in [0.3, 0.4) is 0 Å². The Balaban J connectivity index is 1.78. The molecule has 1 aliphatic rings. The number of ether oxygens (including phenoxy) is 2. The van der Waals surface area contributed by atoms with E-state index >= 15 is 0 Å². The number of hydrogen-bond donors (Lipinski definition) is 0. The Morgan fingerprint density at radius 1 is 1.08 bits per heavy atom. The van der Waals surface area contributed by atoms with E-state index in [2.05, 4.69) is 0 Å². The summed E-state index contributed by atoms with van der Waals surface area (Å²) < 4.78 is 11.5. The second kappa shape index (κ2) is 7.60. The van der Waals surface area contributed by atoms with Crippen molar-refractivity contribution in [1.29, 1.82) is 0 Å². The van der Waals surface area contributed by atoms with Crippen LogP contribution in [0.15, 0.2) is 60.7 Å². The molecule has 2 aromatic rings. The topological polar surface area (TPSA) is 38.8 Å². The van der Waals surface area contributed by atoms with Crippen LogP contribution in [0, 0.1) is 0 Å². The van der Waals surface area contributed by atoms with Gasteiger partial charge in [0.05, 0.1) is 12.6 Å². The van der Waals surface area contributed by atoms with Gasteiger partial charge < -0.3 is 14.4 Å². The molecule has 3 atom stereocenters. The number of benzene rings is 2. The molecule has 2 aromatic carbocycles. The summed E-state index contributed by atoms with van der Waals surface area (Å²) in [5.74, 6) is -0.0141. The van der Waals surface area contributed by atoms with Crippen molar-refractivity contribution in [1.82, 2.24) is 4.90 Å². The highest BCUT2D eigenvalue weighted by Gasteiger charge is 2.33. The highest BCUT2D eigenvalue weighted by molar-refractivity contribution is 5.82. The minimum Gasteiger partial charge on any atom is -0.367 e. The molecule has 4 heteroatoms. The van der Waals surface area contributed by atoms with E-state index in [0.717, 1.165) is 11.1 Å². The van der Waals surface area contributed by atoms with Crippen LogP contribution in [0.1, 0.15) is 30.3 Å². The van der Waals surface area contributed by atoms with Gasteiger partial charge in [0, 0.05) is 13.7 Å². The first-order valence-electron chi connectivity index (χ1n) is 8.26. The summed E-state index contributed by atoms with van der Waals surface area (Å²) in [5, 5.41) is 0. The molecule has 24 heavy (non-hydrogen) atoms. The Bertz CT molecular complexity index is 659. The molecule has 1 fully saturated rings. The van der Waals surface area contributed by atoms with Crippen molar-refractivity contribution in [3.05, 3.63) is 71.8 Å². The minimum atomic E-state index is -0.576. The van der Waals surface area contributed by atoms with Crippen molar-refractivity contribution in [3.8, 4) is 0 Å². The molecule has 0 unspecified atom stereocenters. The Hall–Kier alpha value is -2.17. The van der Waals surface area contributed by atoms with Gasteiger partial charge in [0.25, 0.3) is 5.91 Å². The molecular weight excluding hydrogens is 302 g/mol. The van der Waals surface area contributed by atoms with Gasteiger partial charge in [0.1, 0.15) is 6.10 Å². The second-order valence-electron chi connectivity index (χ2n) is 6.12. The van der Waals surface area contributed by atoms with E-state index in [-0.39, 0.29) is 18.1 Å². The summed E-state index contributed by atoms with van der Waals surface area (Å²) >= 11 is 0. The maximum Gasteiger partial charge on any atom is 0.256 e. The third-order valence-corrected chi connectivity index (χ3v) is 4.31. The SMILES string of the molecule is CO[C@H](C(=O)N1C[C@@H](C)O[C@@H](c2ccccc2)C1)c1ccccc1. The molecule has 3 rings (SSSR count). The molecule has 0 N–H and O–H groups in total. The van der Waals surface area contributed by atoms with Gasteiger partial charge in [-0.1, -0.05) is 60.7 Å². The zero-order chi connectivity index (χ0) is 16.9. The number of amides is 1. The fourth-order valence-corrected chi connectivity index (χ4v) is 3.16. The van der Waals surface area contributed by atoms with Crippen molar-refractivity contribution >= 4 is 5.91 Å². The van der Waals surface area contributed by atoms with Gasteiger partial charge in [-0.05, 0) is 18.1 Å². The number of carbonyl (C=O) groups is 1. The molecule has 1 amide bonds. The van der Waals surface area contributed by atoms with E-state index in [4.69, 9.17) is 9.47 Å². The van der Waals surface area contributed by atoms with Crippen molar-refractivity contribution < 1.29 is 14.3 Å². The van der Waals surface area contributed by atoms with Crippen LogP contribution in [0.5, 0.6) is 0 Å². The van der Waals surface area contributed by atoms with Crippen molar-refractivity contribution in [3.63, 3.8) is 0 Å². The Morgan fingerprint density at radius 2 is 1.71 bits per heavy atom. The van der Waals surface area contributed by atoms with Gasteiger partial charge in [-0.15, -0.1) is 0 Å². The van der Waals surface area contributed by atoms with Crippen LogP contribution < -0.4 is 0 Å². The predicted molar refractivity (Wildman–Crippen MR) is 92.5 cm³/mol. The van der Waals surface area contributed by atoms with Gasteiger partial charge in [-0.25, -0.2) is 0 Å². The smallest absolute Gasteiger partial charge is 0.256 e. The monoisotopic (exact) mass is 325 g/mol. The summed E-state index contributed by atoms with van der Waals surface area (Å²) in [7, 11) is 1.58. The quantitative estimate of drug-likeness (QED) is 0.865. The molecule has 126 valence electrons. The normalized spacial score (nSPS) is 22.2. The average molecular weight is 325 g/mol. The van der Waals surface area contributed by atoms with Crippen LogP contribution in [0.2, 0.25) is 0 Å². The summed E-state index contributed by atoms with van der Waals surface area (Å²) in [5.41, 5.74) is 1.97. The van der Waals surface area contributed by atoms with E-state index < -0.39 is 6.10 Å². The largest absolute Gasteiger partial charge is 0.367 e. The Morgan fingerprint density at radius 3 is 2.33 bits per heavy atom. The third kappa shape index (κ3) is 3.66. The molecule has 1 saturated heterocycles. The van der Waals surface area contributed by atoms with Crippen LogP contribution >= 0.6 is 0 Å². The zero-order valence-corrected chi connectivity index (χ0v) is 14.1.